The van der Waals surface area contributed by atoms with Crippen molar-refractivity contribution >= 4 is 44.1 Å². The molecule has 0 bridgehead atoms. The standard InChI is InChI=1S/C13H12Br2N2OS/c1-18-7-10-12(15)13(19)17-11(16-10)6-8-4-2-3-5-9(8)14/h2-5H,6-7H2,1H3,(H,16,17,19). The molecule has 0 unspecified atom stereocenters. The summed E-state index contributed by atoms with van der Waals surface area (Å²) in [4.78, 5) is 7.65. The first-order chi connectivity index (χ1) is 9.11. The van der Waals surface area contributed by atoms with Crippen LogP contribution in [0.5, 0.6) is 0 Å². The third-order valence-electron chi connectivity index (χ3n) is 2.59. The highest BCUT2D eigenvalue weighted by Gasteiger charge is 2.08. The molecule has 0 saturated heterocycles. The minimum atomic E-state index is 0.468. The SMILES string of the molecule is COCc1[nH]c(Cc2ccccc2Br)nc(=S)c1Br. The number of halogens is 2. The lowest BCUT2D eigenvalue weighted by Crippen LogP contribution is -2.04. The summed E-state index contributed by atoms with van der Waals surface area (Å²) >= 11 is 12.2. The predicted molar refractivity (Wildman–Crippen MR) is 84.8 cm³/mol. The second-order valence-electron chi connectivity index (χ2n) is 3.98. The van der Waals surface area contributed by atoms with Crippen LogP contribution in [0.25, 0.3) is 0 Å². The fraction of sp³-hybridized carbons (Fsp3) is 0.231. The summed E-state index contributed by atoms with van der Waals surface area (Å²) in [7, 11) is 1.65. The van der Waals surface area contributed by atoms with Crippen LogP contribution in [0.3, 0.4) is 0 Å². The zero-order valence-corrected chi connectivity index (χ0v) is 14.2. The van der Waals surface area contributed by atoms with Crippen molar-refractivity contribution in [3.63, 3.8) is 0 Å². The number of methoxy groups -OCH3 is 1. The molecule has 1 N–H and O–H groups in total. The van der Waals surface area contributed by atoms with Gasteiger partial charge in [-0.1, -0.05) is 46.3 Å². The molecule has 3 nitrogen and oxygen atoms in total. The number of rotatable bonds is 4. The Morgan fingerprint density at radius 3 is 2.74 bits per heavy atom. The lowest BCUT2D eigenvalue weighted by Gasteiger charge is -2.09. The van der Waals surface area contributed by atoms with Crippen molar-refractivity contribution in [1.82, 2.24) is 9.97 Å². The molecule has 2 rings (SSSR count). The summed E-state index contributed by atoms with van der Waals surface area (Å²) in [5.74, 6) is 0.826. The van der Waals surface area contributed by atoms with Gasteiger partial charge in [-0.05, 0) is 27.6 Å². The molecular formula is C13H12Br2N2OS. The fourth-order valence-electron chi connectivity index (χ4n) is 1.71. The van der Waals surface area contributed by atoms with Crippen molar-refractivity contribution in [2.24, 2.45) is 0 Å². The van der Waals surface area contributed by atoms with Gasteiger partial charge in [-0.15, -0.1) is 0 Å². The van der Waals surface area contributed by atoms with Crippen LogP contribution in [-0.4, -0.2) is 17.1 Å². The first-order valence-corrected chi connectivity index (χ1v) is 7.61. The number of aromatic amines is 1. The number of nitrogens with zero attached hydrogens (tertiary/aromatic N) is 1. The largest absolute Gasteiger partial charge is 0.378 e. The average molecular weight is 404 g/mol. The molecule has 0 amide bonds. The highest BCUT2D eigenvalue weighted by atomic mass is 79.9. The van der Waals surface area contributed by atoms with Gasteiger partial charge in [-0.3, -0.25) is 0 Å². The minimum Gasteiger partial charge on any atom is -0.378 e. The van der Waals surface area contributed by atoms with Crippen LogP contribution in [-0.2, 0) is 17.8 Å². The van der Waals surface area contributed by atoms with Crippen molar-refractivity contribution < 1.29 is 4.74 Å². The van der Waals surface area contributed by atoms with E-state index in [4.69, 9.17) is 17.0 Å². The normalized spacial score (nSPS) is 10.7. The third-order valence-corrected chi connectivity index (χ3v) is 4.77. The Morgan fingerprint density at radius 1 is 1.32 bits per heavy atom. The molecule has 0 spiro atoms. The molecule has 1 aromatic carbocycles. The van der Waals surface area contributed by atoms with Gasteiger partial charge in [0.05, 0.1) is 16.8 Å². The lowest BCUT2D eigenvalue weighted by molar-refractivity contribution is 0.180. The lowest BCUT2D eigenvalue weighted by atomic mass is 10.1. The molecule has 0 aliphatic rings. The number of H-pyrrole nitrogens is 1. The Labute approximate surface area is 133 Å². The molecule has 0 atom stereocenters. The second-order valence-corrected chi connectivity index (χ2v) is 6.02. The van der Waals surface area contributed by atoms with E-state index in [9.17, 15) is 0 Å². The maximum atomic E-state index is 5.25. The van der Waals surface area contributed by atoms with Gasteiger partial charge in [0.15, 0.2) is 0 Å². The molecule has 1 aromatic heterocycles. The summed E-state index contributed by atoms with van der Waals surface area (Å²) in [6, 6.07) is 8.06. The van der Waals surface area contributed by atoms with Crippen molar-refractivity contribution in [2.45, 2.75) is 13.0 Å². The molecule has 0 radical (unpaired) electrons. The van der Waals surface area contributed by atoms with Gasteiger partial charge in [0.25, 0.3) is 0 Å². The highest BCUT2D eigenvalue weighted by Crippen LogP contribution is 2.21. The summed E-state index contributed by atoms with van der Waals surface area (Å²) in [6.45, 7) is 0.468. The van der Waals surface area contributed by atoms with E-state index >= 15 is 0 Å². The Balaban J connectivity index is 2.36. The van der Waals surface area contributed by atoms with Crippen LogP contribution < -0.4 is 0 Å². The zero-order valence-electron chi connectivity index (χ0n) is 10.2. The third kappa shape index (κ3) is 3.72. The van der Waals surface area contributed by atoms with Crippen molar-refractivity contribution in [2.75, 3.05) is 7.11 Å². The van der Waals surface area contributed by atoms with E-state index in [2.05, 4.69) is 47.9 Å². The molecular weight excluding hydrogens is 392 g/mol. The summed E-state index contributed by atoms with van der Waals surface area (Å²) < 4.78 is 7.55. The first-order valence-electron chi connectivity index (χ1n) is 5.61. The highest BCUT2D eigenvalue weighted by molar-refractivity contribution is 9.10. The quantitative estimate of drug-likeness (QED) is 0.768. The molecule has 6 heteroatoms. The first kappa shape index (κ1) is 14.8. The Bertz CT molecular complexity index is 643. The van der Waals surface area contributed by atoms with Crippen molar-refractivity contribution in [3.05, 3.63) is 54.9 Å². The van der Waals surface area contributed by atoms with Crippen LogP contribution in [0.15, 0.2) is 33.2 Å². The maximum absolute atomic E-state index is 5.25. The monoisotopic (exact) mass is 402 g/mol. The number of hydrogen-bond donors (Lipinski definition) is 1. The summed E-state index contributed by atoms with van der Waals surface area (Å²) in [5, 5.41) is 0. The van der Waals surface area contributed by atoms with E-state index in [1.807, 2.05) is 18.2 Å². The Morgan fingerprint density at radius 2 is 2.05 bits per heavy atom. The smallest absolute Gasteiger partial charge is 0.144 e. The maximum Gasteiger partial charge on any atom is 0.144 e. The van der Waals surface area contributed by atoms with E-state index in [1.165, 1.54) is 0 Å². The van der Waals surface area contributed by atoms with Crippen molar-refractivity contribution in [1.29, 1.82) is 0 Å². The topological polar surface area (TPSA) is 37.9 Å². The molecule has 1 heterocycles. The second kappa shape index (κ2) is 6.74. The van der Waals surface area contributed by atoms with Gasteiger partial charge in [-0.2, -0.15) is 0 Å². The van der Waals surface area contributed by atoms with Crippen LogP contribution in [0, 0.1) is 4.64 Å². The molecule has 2 aromatic rings. The van der Waals surface area contributed by atoms with Gasteiger partial charge >= 0.3 is 0 Å². The number of nitrogens with one attached hydrogen (secondary N) is 1. The van der Waals surface area contributed by atoms with Crippen LogP contribution in [0.1, 0.15) is 17.1 Å². The average Bonchev–Trinajstić information content (AvgIpc) is 2.38. The van der Waals surface area contributed by atoms with E-state index in [0.29, 0.717) is 17.7 Å². The van der Waals surface area contributed by atoms with Gasteiger partial charge in [-0.25, -0.2) is 4.98 Å². The number of aromatic nitrogens is 2. The number of ether oxygens (including phenoxy) is 1. The van der Waals surface area contributed by atoms with E-state index in [0.717, 1.165) is 26.0 Å². The number of hydrogen-bond acceptors (Lipinski definition) is 3. The van der Waals surface area contributed by atoms with Gasteiger partial charge < -0.3 is 9.72 Å². The van der Waals surface area contributed by atoms with E-state index in [-0.39, 0.29) is 0 Å². The molecule has 0 aliphatic carbocycles. The zero-order chi connectivity index (χ0) is 13.8. The Kier molecular flexibility index (Phi) is 5.27. The van der Waals surface area contributed by atoms with Gasteiger partial charge in [0.2, 0.25) is 0 Å². The molecule has 19 heavy (non-hydrogen) atoms. The minimum absolute atomic E-state index is 0.468. The summed E-state index contributed by atoms with van der Waals surface area (Å²) in [5.41, 5.74) is 2.07. The van der Waals surface area contributed by atoms with Gasteiger partial charge in [0.1, 0.15) is 10.5 Å². The molecule has 0 aliphatic heterocycles. The predicted octanol–water partition coefficient (Wildman–Crippen LogP) is 4.40. The Hall–Kier alpha value is -0.560. The summed E-state index contributed by atoms with van der Waals surface area (Å²) in [6.07, 6.45) is 0.690. The number of benzene rings is 1. The van der Waals surface area contributed by atoms with Crippen molar-refractivity contribution in [3.8, 4) is 0 Å². The van der Waals surface area contributed by atoms with Crippen LogP contribution >= 0.6 is 44.1 Å². The molecule has 100 valence electrons. The van der Waals surface area contributed by atoms with E-state index in [1.54, 1.807) is 7.11 Å². The van der Waals surface area contributed by atoms with Crippen LogP contribution in [0.4, 0.5) is 0 Å². The van der Waals surface area contributed by atoms with E-state index < -0.39 is 0 Å². The van der Waals surface area contributed by atoms with Gasteiger partial charge in [0, 0.05) is 18.0 Å². The fourth-order valence-corrected chi connectivity index (χ4v) is 2.67. The van der Waals surface area contributed by atoms with Crippen LogP contribution in [0.2, 0.25) is 0 Å². The molecule has 0 saturated carbocycles. The molecule has 0 fully saturated rings.